The molecule has 0 heterocycles. The highest BCUT2D eigenvalue weighted by atomic mass is 16.5. The van der Waals surface area contributed by atoms with E-state index in [0.717, 1.165) is 18.2 Å². The van der Waals surface area contributed by atoms with Crippen LogP contribution in [0.2, 0.25) is 0 Å². The first-order valence-electron chi connectivity index (χ1n) is 7.73. The maximum atomic E-state index is 6.18. The lowest BCUT2D eigenvalue weighted by atomic mass is 9.73. The number of nitrogens with two attached hydrogens (primary N) is 1. The second kappa shape index (κ2) is 6.49. The number of hydrogen-bond donors (Lipinski definition) is 1. The van der Waals surface area contributed by atoms with Crippen molar-refractivity contribution in [2.75, 3.05) is 25.6 Å². The number of methoxy groups -OCH3 is 1. The van der Waals surface area contributed by atoms with Crippen LogP contribution in [0.5, 0.6) is 5.75 Å². The van der Waals surface area contributed by atoms with Crippen molar-refractivity contribution in [3.05, 3.63) is 24.3 Å². The molecule has 2 N–H and O–H groups in total. The van der Waals surface area contributed by atoms with E-state index in [1.54, 1.807) is 7.11 Å². The van der Waals surface area contributed by atoms with Gasteiger partial charge in [0, 0.05) is 19.3 Å². The quantitative estimate of drug-likeness (QED) is 0.895. The van der Waals surface area contributed by atoms with Crippen molar-refractivity contribution >= 4 is 5.69 Å². The SMILES string of the molecule is CCC1CCCC(CN)(N(C)c2ccc(OC)cc2)C1. The number of anilines is 1. The highest BCUT2D eigenvalue weighted by molar-refractivity contribution is 5.51. The fraction of sp³-hybridized carbons (Fsp3) is 0.647. The van der Waals surface area contributed by atoms with Crippen molar-refractivity contribution in [2.45, 2.75) is 44.6 Å². The standard InChI is InChI=1S/C17H28N2O/c1-4-14-6-5-11-17(12-14,13-18)19(2)15-7-9-16(20-3)10-8-15/h7-10,14H,4-6,11-13,18H2,1-3H3. The molecule has 1 aliphatic rings. The van der Waals surface area contributed by atoms with Crippen LogP contribution in [0, 0.1) is 5.92 Å². The Morgan fingerprint density at radius 1 is 1.35 bits per heavy atom. The fourth-order valence-electron chi connectivity index (χ4n) is 3.52. The second-order valence-corrected chi connectivity index (χ2v) is 6.06. The van der Waals surface area contributed by atoms with Crippen molar-refractivity contribution in [3.63, 3.8) is 0 Å². The normalized spacial score (nSPS) is 26.3. The van der Waals surface area contributed by atoms with E-state index in [0.29, 0.717) is 0 Å². The number of rotatable bonds is 5. The maximum absolute atomic E-state index is 6.18. The van der Waals surface area contributed by atoms with Crippen LogP contribution in [0.3, 0.4) is 0 Å². The number of benzene rings is 1. The smallest absolute Gasteiger partial charge is 0.119 e. The van der Waals surface area contributed by atoms with Crippen LogP contribution in [-0.4, -0.2) is 26.2 Å². The number of likely N-dealkylation sites (N-methyl/N-ethyl adjacent to an activating group) is 1. The minimum atomic E-state index is 0.119. The van der Waals surface area contributed by atoms with Crippen LogP contribution in [0.1, 0.15) is 39.0 Å². The van der Waals surface area contributed by atoms with E-state index in [1.807, 2.05) is 12.1 Å². The summed E-state index contributed by atoms with van der Waals surface area (Å²) >= 11 is 0. The van der Waals surface area contributed by atoms with Gasteiger partial charge in [0.25, 0.3) is 0 Å². The summed E-state index contributed by atoms with van der Waals surface area (Å²) in [6.07, 6.45) is 6.31. The average Bonchev–Trinajstić information content (AvgIpc) is 2.54. The first-order chi connectivity index (χ1) is 9.65. The van der Waals surface area contributed by atoms with Crippen LogP contribution in [0.4, 0.5) is 5.69 Å². The van der Waals surface area contributed by atoms with Crippen LogP contribution in [-0.2, 0) is 0 Å². The Morgan fingerprint density at radius 2 is 2.05 bits per heavy atom. The molecule has 112 valence electrons. The lowest BCUT2D eigenvalue weighted by Gasteiger charge is -2.47. The second-order valence-electron chi connectivity index (χ2n) is 6.06. The van der Waals surface area contributed by atoms with Gasteiger partial charge in [-0.05, 0) is 43.0 Å². The van der Waals surface area contributed by atoms with E-state index < -0.39 is 0 Å². The molecule has 0 aliphatic heterocycles. The Balaban J connectivity index is 2.20. The zero-order valence-corrected chi connectivity index (χ0v) is 13.1. The van der Waals surface area contributed by atoms with E-state index in [4.69, 9.17) is 10.5 Å². The van der Waals surface area contributed by atoms with E-state index in [1.165, 1.54) is 37.8 Å². The lowest BCUT2D eigenvalue weighted by molar-refractivity contribution is 0.218. The van der Waals surface area contributed by atoms with Crippen LogP contribution >= 0.6 is 0 Å². The Kier molecular flexibility index (Phi) is 4.92. The molecule has 1 saturated carbocycles. The van der Waals surface area contributed by atoms with E-state index in [-0.39, 0.29) is 5.54 Å². The van der Waals surface area contributed by atoms with Gasteiger partial charge in [-0.2, -0.15) is 0 Å². The summed E-state index contributed by atoms with van der Waals surface area (Å²) < 4.78 is 5.24. The van der Waals surface area contributed by atoms with Gasteiger partial charge in [-0.1, -0.05) is 26.2 Å². The zero-order chi connectivity index (χ0) is 14.6. The molecule has 0 aromatic heterocycles. The van der Waals surface area contributed by atoms with Gasteiger partial charge in [0.15, 0.2) is 0 Å². The number of nitrogens with zero attached hydrogens (tertiary/aromatic N) is 1. The van der Waals surface area contributed by atoms with Gasteiger partial charge < -0.3 is 15.4 Å². The highest BCUT2D eigenvalue weighted by Crippen LogP contribution is 2.39. The van der Waals surface area contributed by atoms with Crippen molar-refractivity contribution in [2.24, 2.45) is 11.7 Å². The van der Waals surface area contributed by atoms with Crippen molar-refractivity contribution in [1.29, 1.82) is 0 Å². The third-order valence-electron chi connectivity index (χ3n) is 5.05. The van der Waals surface area contributed by atoms with Crippen molar-refractivity contribution in [1.82, 2.24) is 0 Å². The molecule has 0 amide bonds. The summed E-state index contributed by atoms with van der Waals surface area (Å²) in [4.78, 5) is 2.40. The predicted octanol–water partition coefficient (Wildman–Crippen LogP) is 3.43. The van der Waals surface area contributed by atoms with Gasteiger partial charge >= 0.3 is 0 Å². The third-order valence-corrected chi connectivity index (χ3v) is 5.05. The van der Waals surface area contributed by atoms with Crippen LogP contribution in [0.15, 0.2) is 24.3 Å². The summed E-state index contributed by atoms with van der Waals surface area (Å²) in [5, 5.41) is 0. The van der Waals surface area contributed by atoms with Gasteiger partial charge in [0.05, 0.1) is 12.6 Å². The molecule has 0 spiro atoms. The van der Waals surface area contributed by atoms with Gasteiger partial charge in [-0.25, -0.2) is 0 Å². The summed E-state index contributed by atoms with van der Waals surface area (Å²) in [5.74, 6) is 1.71. The zero-order valence-electron chi connectivity index (χ0n) is 13.1. The topological polar surface area (TPSA) is 38.5 Å². The molecular weight excluding hydrogens is 248 g/mol. The molecular formula is C17H28N2O. The molecule has 1 aromatic rings. The number of hydrogen-bond acceptors (Lipinski definition) is 3. The highest BCUT2D eigenvalue weighted by Gasteiger charge is 2.38. The third kappa shape index (κ3) is 2.93. The minimum Gasteiger partial charge on any atom is -0.497 e. The van der Waals surface area contributed by atoms with Gasteiger partial charge in [0.1, 0.15) is 5.75 Å². The van der Waals surface area contributed by atoms with Crippen LogP contribution < -0.4 is 15.4 Å². The molecule has 2 unspecified atom stereocenters. The Hall–Kier alpha value is -1.22. The maximum Gasteiger partial charge on any atom is 0.119 e. The summed E-state index contributed by atoms with van der Waals surface area (Å²) in [7, 11) is 3.89. The summed E-state index contributed by atoms with van der Waals surface area (Å²) in [6.45, 7) is 3.02. The predicted molar refractivity (Wildman–Crippen MR) is 85.4 cm³/mol. The molecule has 1 aromatic carbocycles. The summed E-state index contributed by atoms with van der Waals surface area (Å²) in [6, 6.07) is 8.31. The fourth-order valence-corrected chi connectivity index (χ4v) is 3.52. The monoisotopic (exact) mass is 276 g/mol. The molecule has 3 nitrogen and oxygen atoms in total. The largest absolute Gasteiger partial charge is 0.497 e. The van der Waals surface area contributed by atoms with Crippen LogP contribution in [0.25, 0.3) is 0 Å². The lowest BCUT2D eigenvalue weighted by Crippen LogP contribution is -2.55. The first kappa shape index (κ1) is 15.2. The van der Waals surface area contributed by atoms with Gasteiger partial charge in [-0.3, -0.25) is 0 Å². The molecule has 1 fully saturated rings. The van der Waals surface area contributed by atoms with Crippen molar-refractivity contribution in [3.8, 4) is 5.75 Å². The molecule has 0 bridgehead atoms. The minimum absolute atomic E-state index is 0.119. The molecule has 0 saturated heterocycles. The van der Waals surface area contributed by atoms with E-state index in [2.05, 4.69) is 31.0 Å². The molecule has 2 atom stereocenters. The van der Waals surface area contributed by atoms with E-state index >= 15 is 0 Å². The molecule has 0 radical (unpaired) electrons. The van der Waals surface area contributed by atoms with E-state index in [9.17, 15) is 0 Å². The molecule has 3 heteroatoms. The molecule has 20 heavy (non-hydrogen) atoms. The first-order valence-corrected chi connectivity index (χ1v) is 7.73. The van der Waals surface area contributed by atoms with Crippen molar-refractivity contribution < 1.29 is 4.74 Å². The Bertz CT molecular complexity index is 418. The van der Waals surface area contributed by atoms with Gasteiger partial charge in [-0.15, -0.1) is 0 Å². The average molecular weight is 276 g/mol. The number of ether oxygens (including phenoxy) is 1. The molecule has 1 aliphatic carbocycles. The Labute approximate surface area is 123 Å². The Morgan fingerprint density at radius 3 is 2.60 bits per heavy atom. The summed E-state index contributed by atoms with van der Waals surface area (Å²) in [5.41, 5.74) is 7.53. The molecule has 2 rings (SSSR count). The van der Waals surface area contributed by atoms with Gasteiger partial charge in [0.2, 0.25) is 0 Å².